The molecule has 3 heteroatoms. The van der Waals surface area contributed by atoms with Crippen LogP contribution in [0.5, 0.6) is 0 Å². The molecule has 1 atom stereocenters. The summed E-state index contributed by atoms with van der Waals surface area (Å²) in [6.45, 7) is 22.2. The SMILES string of the molecule is C/C(=C\C=C(/C)C(C)(C)C)c1ccc(/C(C)=C/C=C(\C)C(C)(C)C)c2nc(Cc3ccccc3)c(P)nc12. The molecule has 0 aliphatic carbocycles. The molecule has 0 aliphatic rings. The second kappa shape index (κ2) is 11.9. The molecule has 1 aromatic heterocycles. The Balaban J connectivity index is 2.22. The zero-order valence-corrected chi connectivity index (χ0v) is 26.2. The van der Waals surface area contributed by atoms with Gasteiger partial charge in [0.05, 0.1) is 22.2 Å². The molecule has 0 amide bonds. The van der Waals surface area contributed by atoms with Gasteiger partial charge in [0.25, 0.3) is 0 Å². The fourth-order valence-electron chi connectivity index (χ4n) is 3.92. The first-order chi connectivity index (χ1) is 17.7. The predicted octanol–water partition coefficient (Wildman–Crippen LogP) is 9.51. The van der Waals surface area contributed by atoms with Gasteiger partial charge in [-0.3, -0.25) is 0 Å². The zero-order chi connectivity index (χ0) is 28.3. The lowest BCUT2D eigenvalue weighted by Crippen LogP contribution is -2.12. The molecular formula is C35H45N2P. The Hall–Kier alpha value is -2.83. The normalized spacial score (nSPS) is 14.4. The van der Waals surface area contributed by atoms with Crippen LogP contribution in [0.3, 0.4) is 0 Å². The van der Waals surface area contributed by atoms with Crippen LogP contribution < -0.4 is 5.44 Å². The van der Waals surface area contributed by atoms with Crippen LogP contribution in [0.2, 0.25) is 0 Å². The third-order valence-electron chi connectivity index (χ3n) is 7.52. The molecule has 0 spiro atoms. The molecule has 0 saturated heterocycles. The van der Waals surface area contributed by atoms with E-state index in [2.05, 4.69) is 139 Å². The third-order valence-corrected chi connectivity index (χ3v) is 7.98. The number of rotatable bonds is 6. The highest BCUT2D eigenvalue weighted by atomic mass is 31.0. The Bertz CT molecular complexity index is 1420. The molecule has 2 aromatic carbocycles. The average molecular weight is 525 g/mol. The zero-order valence-electron chi connectivity index (χ0n) is 25.0. The van der Waals surface area contributed by atoms with Gasteiger partial charge in [-0.1, -0.05) is 129 Å². The summed E-state index contributed by atoms with van der Waals surface area (Å²) < 4.78 is 0. The Labute approximate surface area is 233 Å². The minimum Gasteiger partial charge on any atom is -0.248 e. The van der Waals surface area contributed by atoms with E-state index in [0.717, 1.165) is 39.7 Å². The fraction of sp³-hybridized carbons (Fsp3) is 0.371. The summed E-state index contributed by atoms with van der Waals surface area (Å²) >= 11 is 0. The van der Waals surface area contributed by atoms with Gasteiger partial charge in [-0.05, 0) is 55.2 Å². The van der Waals surface area contributed by atoms with Gasteiger partial charge < -0.3 is 0 Å². The van der Waals surface area contributed by atoms with E-state index >= 15 is 0 Å². The molecule has 38 heavy (non-hydrogen) atoms. The van der Waals surface area contributed by atoms with Gasteiger partial charge in [-0.2, -0.15) is 0 Å². The lowest BCUT2D eigenvalue weighted by atomic mass is 9.87. The first-order valence-electron chi connectivity index (χ1n) is 13.5. The van der Waals surface area contributed by atoms with Gasteiger partial charge in [0.2, 0.25) is 0 Å². The maximum Gasteiger partial charge on any atom is 0.0975 e. The van der Waals surface area contributed by atoms with E-state index in [1.807, 2.05) is 6.07 Å². The van der Waals surface area contributed by atoms with Crippen molar-refractivity contribution < 1.29 is 0 Å². The molecule has 200 valence electrons. The first kappa shape index (κ1) is 29.7. The molecule has 1 unspecified atom stereocenters. The van der Waals surface area contributed by atoms with E-state index in [9.17, 15) is 0 Å². The number of allylic oxidation sites excluding steroid dienone is 8. The van der Waals surface area contributed by atoms with E-state index in [1.54, 1.807) is 0 Å². The van der Waals surface area contributed by atoms with Crippen LogP contribution in [-0.4, -0.2) is 9.97 Å². The fourth-order valence-corrected chi connectivity index (χ4v) is 4.21. The number of nitrogens with zero attached hydrogens (tertiary/aromatic N) is 2. The molecule has 0 radical (unpaired) electrons. The molecule has 0 N–H and O–H groups in total. The van der Waals surface area contributed by atoms with Crippen molar-refractivity contribution in [3.05, 3.63) is 100 Å². The van der Waals surface area contributed by atoms with Gasteiger partial charge >= 0.3 is 0 Å². The summed E-state index contributed by atoms with van der Waals surface area (Å²) in [5.74, 6) is 0. The molecule has 0 bridgehead atoms. The Morgan fingerprint density at radius 3 is 1.55 bits per heavy atom. The molecule has 0 fully saturated rings. The van der Waals surface area contributed by atoms with E-state index in [1.165, 1.54) is 27.9 Å². The maximum atomic E-state index is 5.26. The maximum absolute atomic E-state index is 5.26. The van der Waals surface area contributed by atoms with Crippen molar-refractivity contribution in [1.82, 2.24) is 9.97 Å². The Kier molecular flexibility index (Phi) is 9.32. The summed E-state index contributed by atoms with van der Waals surface area (Å²) in [7, 11) is 2.83. The van der Waals surface area contributed by atoms with Gasteiger partial charge in [0.15, 0.2) is 0 Å². The van der Waals surface area contributed by atoms with E-state index < -0.39 is 0 Å². The van der Waals surface area contributed by atoms with Crippen molar-refractivity contribution in [2.45, 2.75) is 75.7 Å². The number of benzene rings is 2. The molecule has 2 nitrogen and oxygen atoms in total. The van der Waals surface area contributed by atoms with Crippen molar-refractivity contribution in [3.63, 3.8) is 0 Å². The quantitative estimate of drug-likeness (QED) is 0.237. The van der Waals surface area contributed by atoms with Crippen LogP contribution in [-0.2, 0) is 6.42 Å². The molecule has 0 aliphatic heterocycles. The van der Waals surface area contributed by atoms with E-state index in [-0.39, 0.29) is 10.8 Å². The minimum atomic E-state index is 0.139. The van der Waals surface area contributed by atoms with Crippen LogP contribution in [0, 0.1) is 10.8 Å². The lowest BCUT2D eigenvalue weighted by Gasteiger charge is -2.19. The highest BCUT2D eigenvalue weighted by molar-refractivity contribution is 7.27. The van der Waals surface area contributed by atoms with Gasteiger partial charge in [0.1, 0.15) is 0 Å². The molecule has 0 saturated carbocycles. The van der Waals surface area contributed by atoms with Gasteiger partial charge in [-0.25, -0.2) is 9.97 Å². The van der Waals surface area contributed by atoms with Crippen LogP contribution in [0.1, 0.15) is 91.6 Å². The number of hydrogen-bond donors (Lipinski definition) is 0. The second-order valence-corrected chi connectivity index (χ2v) is 13.0. The lowest BCUT2D eigenvalue weighted by molar-refractivity contribution is 0.504. The largest absolute Gasteiger partial charge is 0.248 e. The standard InChI is InChI=1S/C35H45N2P/c1-23(16-18-25(3)34(5,6)7)28-20-21-29(24(2)17-19-26(4)35(8,9)10)32-31(28)36-30(33(38)37-32)22-27-14-12-11-13-15-27/h11-21H,22,38H2,1-10H3/b23-16+,24-17+,25-18+,26-19+. The van der Waals surface area contributed by atoms with Gasteiger partial charge in [0, 0.05) is 17.5 Å². The molecule has 1 heterocycles. The van der Waals surface area contributed by atoms with Crippen molar-refractivity contribution in [2.24, 2.45) is 10.8 Å². The highest BCUT2D eigenvalue weighted by Crippen LogP contribution is 2.31. The van der Waals surface area contributed by atoms with Gasteiger partial charge in [-0.15, -0.1) is 0 Å². The Morgan fingerprint density at radius 2 is 1.11 bits per heavy atom. The average Bonchev–Trinajstić information content (AvgIpc) is 2.84. The van der Waals surface area contributed by atoms with E-state index in [4.69, 9.17) is 9.97 Å². The summed E-state index contributed by atoms with van der Waals surface area (Å²) in [5.41, 5.74) is 12.6. The Morgan fingerprint density at radius 1 is 0.658 bits per heavy atom. The number of aromatic nitrogens is 2. The van der Waals surface area contributed by atoms with Crippen LogP contribution in [0.25, 0.3) is 22.2 Å². The summed E-state index contributed by atoms with van der Waals surface area (Å²) in [6, 6.07) is 14.9. The highest BCUT2D eigenvalue weighted by Gasteiger charge is 2.16. The predicted molar refractivity (Wildman–Crippen MR) is 172 cm³/mol. The van der Waals surface area contributed by atoms with Crippen molar-refractivity contribution in [2.75, 3.05) is 0 Å². The van der Waals surface area contributed by atoms with Crippen molar-refractivity contribution in [1.29, 1.82) is 0 Å². The van der Waals surface area contributed by atoms with Crippen molar-refractivity contribution in [3.8, 4) is 0 Å². The number of fused-ring (bicyclic) bond motifs is 1. The summed E-state index contributed by atoms with van der Waals surface area (Å²) in [5, 5.41) is 0. The monoisotopic (exact) mass is 524 g/mol. The van der Waals surface area contributed by atoms with E-state index in [0.29, 0.717) is 0 Å². The number of hydrogen-bond acceptors (Lipinski definition) is 2. The topological polar surface area (TPSA) is 25.8 Å². The van der Waals surface area contributed by atoms with Crippen LogP contribution in [0.15, 0.2) is 77.9 Å². The minimum absolute atomic E-state index is 0.139. The summed E-state index contributed by atoms with van der Waals surface area (Å²) in [4.78, 5) is 10.4. The molecular weight excluding hydrogens is 479 g/mol. The summed E-state index contributed by atoms with van der Waals surface area (Å²) in [6.07, 6.45) is 9.66. The van der Waals surface area contributed by atoms with Crippen LogP contribution in [0.4, 0.5) is 0 Å². The van der Waals surface area contributed by atoms with Crippen molar-refractivity contribution >= 4 is 36.9 Å². The third kappa shape index (κ3) is 7.39. The second-order valence-electron chi connectivity index (χ2n) is 12.5. The smallest absolute Gasteiger partial charge is 0.0975 e. The van der Waals surface area contributed by atoms with Crippen LogP contribution >= 0.6 is 9.24 Å². The molecule has 3 aromatic rings. The first-order valence-corrected chi connectivity index (χ1v) is 14.1. The molecule has 3 rings (SSSR count).